The van der Waals surface area contributed by atoms with E-state index in [-0.39, 0.29) is 0 Å². The molecule has 0 spiro atoms. The molecule has 0 aromatic carbocycles. The van der Waals surface area contributed by atoms with E-state index in [2.05, 4.69) is 31.2 Å². The Kier molecular flexibility index (Phi) is 3.14. The number of nitrogens with one attached hydrogen (secondary N) is 1. The average molecular weight is 168 g/mol. The molecular weight excluding hydrogens is 152 g/mol. The molecule has 1 N–H and O–H groups in total. The maximum Gasteiger partial charge on any atom is 0.169 e. The van der Waals surface area contributed by atoms with Crippen LogP contribution in [0.5, 0.6) is 0 Å². The van der Waals surface area contributed by atoms with Crippen molar-refractivity contribution < 1.29 is 4.52 Å². The van der Waals surface area contributed by atoms with Gasteiger partial charge in [0.2, 0.25) is 0 Å². The Morgan fingerprint density at radius 1 is 1.58 bits per heavy atom. The highest BCUT2D eigenvalue weighted by Crippen LogP contribution is 2.11. The van der Waals surface area contributed by atoms with Crippen molar-refractivity contribution in [3.63, 3.8) is 0 Å². The van der Waals surface area contributed by atoms with Gasteiger partial charge in [-0.2, -0.15) is 0 Å². The van der Waals surface area contributed by atoms with Crippen molar-refractivity contribution in [1.82, 2.24) is 5.16 Å². The lowest BCUT2D eigenvalue weighted by Gasteiger charge is -2.03. The van der Waals surface area contributed by atoms with Crippen LogP contribution < -0.4 is 5.32 Å². The number of rotatable bonds is 4. The second kappa shape index (κ2) is 4.14. The number of hydrogen-bond acceptors (Lipinski definition) is 3. The normalized spacial score (nSPS) is 10.7. The Morgan fingerprint density at radius 2 is 2.33 bits per heavy atom. The molecule has 1 rings (SSSR count). The molecule has 1 aromatic heterocycles. The van der Waals surface area contributed by atoms with Gasteiger partial charge in [-0.25, -0.2) is 0 Å². The van der Waals surface area contributed by atoms with Gasteiger partial charge in [-0.1, -0.05) is 12.1 Å². The molecule has 0 aliphatic heterocycles. The van der Waals surface area contributed by atoms with Crippen LogP contribution in [0, 0.1) is 0 Å². The molecule has 0 bridgehead atoms. The predicted octanol–water partition coefficient (Wildman–Crippen LogP) is 2.45. The third-order valence-electron chi connectivity index (χ3n) is 1.49. The van der Waals surface area contributed by atoms with Crippen LogP contribution in [0.2, 0.25) is 0 Å². The number of hydrogen-bond donors (Lipinski definition) is 1. The van der Waals surface area contributed by atoms with E-state index >= 15 is 0 Å². The first-order chi connectivity index (χ1) is 5.72. The van der Waals surface area contributed by atoms with Gasteiger partial charge in [-0.15, -0.1) is 0 Å². The first-order valence-corrected chi connectivity index (χ1v) is 4.44. The van der Waals surface area contributed by atoms with Gasteiger partial charge in [0.1, 0.15) is 5.76 Å². The second-order valence-corrected chi connectivity index (χ2v) is 3.23. The maximum atomic E-state index is 5.09. The maximum absolute atomic E-state index is 5.09. The SMILES string of the molecule is CCCc1cc(NC(C)C)no1. The summed E-state index contributed by atoms with van der Waals surface area (Å²) in [7, 11) is 0. The van der Waals surface area contributed by atoms with Crippen LogP contribution in [0.15, 0.2) is 10.6 Å². The lowest BCUT2D eigenvalue weighted by atomic mass is 10.3. The van der Waals surface area contributed by atoms with Crippen molar-refractivity contribution in [3.8, 4) is 0 Å². The van der Waals surface area contributed by atoms with E-state index in [1.807, 2.05) is 6.07 Å². The Labute approximate surface area is 73.1 Å². The third-order valence-corrected chi connectivity index (χ3v) is 1.49. The Morgan fingerprint density at radius 3 is 2.92 bits per heavy atom. The Bertz CT molecular complexity index is 230. The third kappa shape index (κ3) is 2.57. The first kappa shape index (κ1) is 9.10. The van der Waals surface area contributed by atoms with Gasteiger partial charge < -0.3 is 9.84 Å². The van der Waals surface area contributed by atoms with Crippen LogP contribution in [-0.2, 0) is 6.42 Å². The number of anilines is 1. The minimum atomic E-state index is 0.407. The zero-order valence-electron chi connectivity index (χ0n) is 7.92. The van der Waals surface area contributed by atoms with Gasteiger partial charge in [0.25, 0.3) is 0 Å². The second-order valence-electron chi connectivity index (χ2n) is 3.23. The fourth-order valence-corrected chi connectivity index (χ4v) is 1.04. The fraction of sp³-hybridized carbons (Fsp3) is 0.667. The van der Waals surface area contributed by atoms with Crippen LogP contribution in [0.25, 0.3) is 0 Å². The fourth-order valence-electron chi connectivity index (χ4n) is 1.04. The number of aromatic nitrogens is 1. The summed E-state index contributed by atoms with van der Waals surface area (Å²) in [6, 6.07) is 2.37. The summed E-state index contributed by atoms with van der Waals surface area (Å²) >= 11 is 0. The smallest absolute Gasteiger partial charge is 0.169 e. The predicted molar refractivity (Wildman–Crippen MR) is 49.3 cm³/mol. The summed E-state index contributed by atoms with van der Waals surface area (Å²) in [6.07, 6.45) is 2.06. The van der Waals surface area contributed by atoms with Crippen LogP contribution in [0.1, 0.15) is 33.0 Å². The van der Waals surface area contributed by atoms with E-state index in [1.165, 1.54) is 0 Å². The lowest BCUT2D eigenvalue weighted by molar-refractivity contribution is 0.384. The molecule has 1 aromatic rings. The lowest BCUT2D eigenvalue weighted by Crippen LogP contribution is -2.09. The molecule has 0 saturated heterocycles. The largest absolute Gasteiger partial charge is 0.365 e. The van der Waals surface area contributed by atoms with Crippen molar-refractivity contribution in [2.24, 2.45) is 0 Å². The summed E-state index contributed by atoms with van der Waals surface area (Å²) in [5.74, 6) is 1.80. The zero-order chi connectivity index (χ0) is 8.97. The number of aryl methyl sites for hydroxylation is 1. The molecule has 0 aliphatic rings. The van der Waals surface area contributed by atoms with Gasteiger partial charge in [-0.05, 0) is 20.3 Å². The van der Waals surface area contributed by atoms with Crippen LogP contribution in [0.4, 0.5) is 5.82 Å². The van der Waals surface area contributed by atoms with Gasteiger partial charge in [0, 0.05) is 18.5 Å². The van der Waals surface area contributed by atoms with Crippen molar-refractivity contribution in [3.05, 3.63) is 11.8 Å². The zero-order valence-corrected chi connectivity index (χ0v) is 7.92. The standard InChI is InChI=1S/C9H16N2O/c1-4-5-8-6-9(11-12-8)10-7(2)3/h6-7H,4-5H2,1-3H3,(H,10,11). The van der Waals surface area contributed by atoms with Crippen molar-refractivity contribution in [2.45, 2.75) is 39.7 Å². The molecule has 3 heteroatoms. The Hall–Kier alpha value is -0.990. The summed E-state index contributed by atoms with van der Waals surface area (Å²) in [6.45, 7) is 6.28. The summed E-state index contributed by atoms with van der Waals surface area (Å²) in [5.41, 5.74) is 0. The monoisotopic (exact) mass is 168 g/mol. The summed E-state index contributed by atoms with van der Waals surface area (Å²) in [5, 5.41) is 7.07. The van der Waals surface area contributed by atoms with Crippen molar-refractivity contribution in [2.75, 3.05) is 5.32 Å². The highest BCUT2D eigenvalue weighted by atomic mass is 16.5. The molecule has 0 amide bonds. The van der Waals surface area contributed by atoms with Gasteiger partial charge in [0.05, 0.1) is 0 Å². The topological polar surface area (TPSA) is 38.1 Å². The van der Waals surface area contributed by atoms with Crippen molar-refractivity contribution >= 4 is 5.82 Å². The first-order valence-electron chi connectivity index (χ1n) is 4.44. The van der Waals surface area contributed by atoms with E-state index in [4.69, 9.17) is 4.52 Å². The van der Waals surface area contributed by atoms with Crippen LogP contribution in [0.3, 0.4) is 0 Å². The molecule has 0 radical (unpaired) electrons. The van der Waals surface area contributed by atoms with Crippen molar-refractivity contribution in [1.29, 1.82) is 0 Å². The molecule has 1 heterocycles. The van der Waals surface area contributed by atoms with E-state index in [0.29, 0.717) is 6.04 Å². The molecule has 0 atom stereocenters. The molecule has 0 fully saturated rings. The van der Waals surface area contributed by atoms with E-state index in [1.54, 1.807) is 0 Å². The highest BCUT2D eigenvalue weighted by molar-refractivity contribution is 5.34. The minimum absolute atomic E-state index is 0.407. The quantitative estimate of drug-likeness (QED) is 0.750. The number of nitrogens with zero attached hydrogens (tertiary/aromatic N) is 1. The summed E-state index contributed by atoms with van der Waals surface area (Å²) in [4.78, 5) is 0. The molecule has 0 aliphatic carbocycles. The van der Waals surface area contributed by atoms with E-state index < -0.39 is 0 Å². The molecule has 0 unspecified atom stereocenters. The molecular formula is C9H16N2O. The molecule has 3 nitrogen and oxygen atoms in total. The molecule has 12 heavy (non-hydrogen) atoms. The van der Waals surface area contributed by atoms with Gasteiger partial charge in [0.15, 0.2) is 5.82 Å². The average Bonchev–Trinajstić information content (AvgIpc) is 2.36. The van der Waals surface area contributed by atoms with Crippen LogP contribution >= 0.6 is 0 Å². The van der Waals surface area contributed by atoms with Crippen LogP contribution in [-0.4, -0.2) is 11.2 Å². The minimum Gasteiger partial charge on any atom is -0.365 e. The van der Waals surface area contributed by atoms with E-state index in [9.17, 15) is 0 Å². The van der Waals surface area contributed by atoms with E-state index in [0.717, 1.165) is 24.4 Å². The highest BCUT2D eigenvalue weighted by Gasteiger charge is 2.02. The van der Waals surface area contributed by atoms with Gasteiger partial charge >= 0.3 is 0 Å². The molecule has 68 valence electrons. The Balaban J connectivity index is 2.52. The summed E-state index contributed by atoms with van der Waals surface area (Å²) < 4.78 is 5.09. The molecule has 0 saturated carbocycles. The van der Waals surface area contributed by atoms with Gasteiger partial charge in [-0.3, -0.25) is 0 Å².